The number of aromatic nitrogens is 1. The summed E-state index contributed by atoms with van der Waals surface area (Å²) in [4.78, 5) is 18.1. The van der Waals surface area contributed by atoms with Crippen LogP contribution in [0.4, 0.5) is 0 Å². The summed E-state index contributed by atoms with van der Waals surface area (Å²) in [7, 11) is 0. The fourth-order valence-corrected chi connectivity index (χ4v) is 3.77. The standard InChI is InChI=1S/C22H26N2O2/c1-15-6-5-13-23-21(15)26-22(12-11-16(2)24-14-22)20(25)19-8-4-3-7-18(19)17-9-10-17/h3-8,13,16-17,24H,9-12,14H2,1-2H3/t16-,22-/m1/s1. The highest BCUT2D eigenvalue weighted by atomic mass is 16.5. The number of carbonyl (C=O) groups excluding carboxylic acids is 1. The number of Topliss-reactive ketones (excluding diaryl/α,β-unsaturated/α-hetero) is 1. The van der Waals surface area contributed by atoms with Gasteiger partial charge in [-0.25, -0.2) is 4.98 Å². The third-order valence-electron chi connectivity index (χ3n) is 5.61. The van der Waals surface area contributed by atoms with E-state index in [4.69, 9.17) is 4.74 Å². The van der Waals surface area contributed by atoms with Crippen LogP contribution in [0.15, 0.2) is 42.6 Å². The molecule has 1 aliphatic carbocycles. The first-order chi connectivity index (χ1) is 12.6. The zero-order chi connectivity index (χ0) is 18.1. The molecular weight excluding hydrogens is 324 g/mol. The second kappa shape index (κ2) is 6.84. The molecule has 2 heterocycles. The van der Waals surface area contributed by atoms with Gasteiger partial charge in [-0.05, 0) is 57.1 Å². The van der Waals surface area contributed by atoms with Gasteiger partial charge in [0.15, 0.2) is 5.60 Å². The van der Waals surface area contributed by atoms with Crippen molar-refractivity contribution in [3.05, 3.63) is 59.3 Å². The lowest BCUT2D eigenvalue weighted by molar-refractivity contribution is 0.0260. The SMILES string of the molecule is Cc1cccnc1O[C@]1(C(=O)c2ccccc2C2CC2)CC[C@@H](C)NC1. The second-order valence-corrected chi connectivity index (χ2v) is 7.73. The maximum Gasteiger partial charge on any atom is 0.217 e. The highest BCUT2D eigenvalue weighted by Gasteiger charge is 2.45. The van der Waals surface area contributed by atoms with Gasteiger partial charge in [-0.15, -0.1) is 0 Å². The molecule has 2 atom stereocenters. The molecule has 1 aliphatic heterocycles. The van der Waals surface area contributed by atoms with Crippen LogP contribution in [0.1, 0.15) is 60.0 Å². The number of aryl methyl sites for hydroxylation is 1. The van der Waals surface area contributed by atoms with Crippen molar-refractivity contribution in [2.24, 2.45) is 0 Å². The summed E-state index contributed by atoms with van der Waals surface area (Å²) in [6, 6.07) is 12.3. The molecule has 0 amide bonds. The topological polar surface area (TPSA) is 51.2 Å². The predicted molar refractivity (Wildman–Crippen MR) is 102 cm³/mol. The number of rotatable bonds is 5. The fourth-order valence-electron chi connectivity index (χ4n) is 3.77. The van der Waals surface area contributed by atoms with Gasteiger partial charge in [0.05, 0.1) is 0 Å². The molecule has 0 unspecified atom stereocenters. The van der Waals surface area contributed by atoms with Crippen LogP contribution < -0.4 is 10.1 Å². The van der Waals surface area contributed by atoms with Crippen LogP contribution in [0.25, 0.3) is 0 Å². The van der Waals surface area contributed by atoms with Gasteiger partial charge >= 0.3 is 0 Å². The quantitative estimate of drug-likeness (QED) is 0.827. The highest BCUT2D eigenvalue weighted by Crippen LogP contribution is 2.43. The number of pyridine rings is 1. The van der Waals surface area contributed by atoms with Gasteiger partial charge in [-0.1, -0.05) is 30.3 Å². The average Bonchev–Trinajstić information content (AvgIpc) is 3.50. The Bertz CT molecular complexity index is 805. The van der Waals surface area contributed by atoms with Crippen molar-refractivity contribution in [1.29, 1.82) is 0 Å². The van der Waals surface area contributed by atoms with Crippen LogP contribution in [0, 0.1) is 6.92 Å². The van der Waals surface area contributed by atoms with Crippen LogP contribution in [-0.4, -0.2) is 29.0 Å². The van der Waals surface area contributed by atoms with Crippen LogP contribution in [-0.2, 0) is 0 Å². The molecule has 4 heteroatoms. The highest BCUT2D eigenvalue weighted by molar-refractivity contribution is 6.04. The molecule has 136 valence electrons. The first kappa shape index (κ1) is 17.2. The second-order valence-electron chi connectivity index (χ2n) is 7.73. The molecule has 2 aliphatic rings. The normalized spacial score (nSPS) is 25.7. The van der Waals surface area contributed by atoms with Crippen molar-refractivity contribution in [3.8, 4) is 5.88 Å². The van der Waals surface area contributed by atoms with E-state index in [0.29, 0.717) is 30.8 Å². The smallest absolute Gasteiger partial charge is 0.217 e. The summed E-state index contributed by atoms with van der Waals surface area (Å²) in [5.74, 6) is 1.17. The zero-order valence-corrected chi connectivity index (χ0v) is 15.5. The zero-order valence-electron chi connectivity index (χ0n) is 15.5. The number of nitrogens with one attached hydrogen (secondary N) is 1. The van der Waals surface area contributed by atoms with E-state index in [1.165, 1.54) is 18.4 Å². The number of benzene rings is 1. The summed E-state index contributed by atoms with van der Waals surface area (Å²) in [6.45, 7) is 4.64. The molecular formula is C22H26N2O2. The lowest BCUT2D eigenvalue weighted by atomic mass is 9.82. The summed E-state index contributed by atoms with van der Waals surface area (Å²) >= 11 is 0. The molecule has 0 bridgehead atoms. The molecule has 2 fully saturated rings. The van der Waals surface area contributed by atoms with E-state index in [0.717, 1.165) is 17.5 Å². The first-order valence-electron chi connectivity index (χ1n) is 9.57. The van der Waals surface area contributed by atoms with Crippen LogP contribution in [0.2, 0.25) is 0 Å². The lowest BCUT2D eigenvalue weighted by Crippen LogP contribution is -2.58. The molecule has 26 heavy (non-hydrogen) atoms. The van der Waals surface area contributed by atoms with E-state index >= 15 is 0 Å². The van der Waals surface area contributed by atoms with E-state index in [1.54, 1.807) is 6.20 Å². The Morgan fingerprint density at radius 3 is 2.69 bits per heavy atom. The van der Waals surface area contributed by atoms with Crippen molar-refractivity contribution >= 4 is 5.78 Å². The summed E-state index contributed by atoms with van der Waals surface area (Å²) in [5.41, 5.74) is 2.06. The van der Waals surface area contributed by atoms with Gasteiger partial charge in [0.25, 0.3) is 0 Å². The molecule has 1 saturated heterocycles. The largest absolute Gasteiger partial charge is 0.461 e. The molecule has 2 aromatic rings. The van der Waals surface area contributed by atoms with Gasteiger partial charge in [0.1, 0.15) is 0 Å². The molecule has 0 spiro atoms. The Morgan fingerprint density at radius 2 is 2.00 bits per heavy atom. The van der Waals surface area contributed by atoms with E-state index in [9.17, 15) is 4.79 Å². The van der Waals surface area contributed by atoms with Gasteiger partial charge < -0.3 is 10.1 Å². The Balaban J connectivity index is 1.71. The Hall–Kier alpha value is -2.20. The molecule has 4 rings (SSSR count). The summed E-state index contributed by atoms with van der Waals surface area (Å²) in [5, 5.41) is 3.45. The third kappa shape index (κ3) is 3.26. The number of carbonyl (C=O) groups is 1. The van der Waals surface area contributed by atoms with Crippen molar-refractivity contribution in [1.82, 2.24) is 10.3 Å². The predicted octanol–water partition coefficient (Wildman–Crippen LogP) is 4.04. The number of hydrogen-bond acceptors (Lipinski definition) is 4. The monoisotopic (exact) mass is 350 g/mol. The number of hydrogen-bond donors (Lipinski definition) is 1. The maximum absolute atomic E-state index is 13.7. The van der Waals surface area contributed by atoms with Crippen molar-refractivity contribution in [3.63, 3.8) is 0 Å². The van der Waals surface area contributed by atoms with Gasteiger partial charge in [0, 0.05) is 29.9 Å². The van der Waals surface area contributed by atoms with Gasteiger partial charge in [0.2, 0.25) is 11.7 Å². The first-order valence-corrected chi connectivity index (χ1v) is 9.57. The van der Waals surface area contributed by atoms with Gasteiger partial charge in [-0.3, -0.25) is 4.79 Å². The van der Waals surface area contributed by atoms with Crippen molar-refractivity contribution < 1.29 is 9.53 Å². The van der Waals surface area contributed by atoms with Gasteiger partial charge in [-0.2, -0.15) is 0 Å². The maximum atomic E-state index is 13.7. The number of nitrogens with zero attached hydrogens (tertiary/aromatic N) is 1. The van der Waals surface area contributed by atoms with Crippen LogP contribution >= 0.6 is 0 Å². The Labute approximate surface area is 155 Å². The average molecular weight is 350 g/mol. The van der Waals surface area contributed by atoms with E-state index in [2.05, 4.69) is 23.3 Å². The summed E-state index contributed by atoms with van der Waals surface area (Å²) < 4.78 is 6.37. The van der Waals surface area contributed by atoms with E-state index in [-0.39, 0.29) is 5.78 Å². The Kier molecular flexibility index (Phi) is 4.53. The van der Waals surface area contributed by atoms with E-state index in [1.807, 2.05) is 37.3 Å². The molecule has 1 aromatic carbocycles. The molecule has 1 saturated carbocycles. The minimum absolute atomic E-state index is 0.0875. The molecule has 1 N–H and O–H groups in total. The number of ether oxygens (including phenoxy) is 1. The van der Waals surface area contributed by atoms with Crippen LogP contribution in [0.5, 0.6) is 5.88 Å². The van der Waals surface area contributed by atoms with E-state index < -0.39 is 5.60 Å². The number of ketones is 1. The Morgan fingerprint density at radius 1 is 1.19 bits per heavy atom. The van der Waals surface area contributed by atoms with Crippen molar-refractivity contribution in [2.45, 2.75) is 57.1 Å². The summed E-state index contributed by atoms with van der Waals surface area (Å²) in [6.07, 6.45) is 5.68. The fraction of sp³-hybridized carbons (Fsp3) is 0.455. The minimum Gasteiger partial charge on any atom is -0.461 e. The molecule has 1 aromatic heterocycles. The lowest BCUT2D eigenvalue weighted by Gasteiger charge is -2.39. The molecule has 0 radical (unpaired) electrons. The van der Waals surface area contributed by atoms with Crippen molar-refractivity contribution in [2.75, 3.05) is 6.54 Å². The number of piperidine rings is 1. The minimum atomic E-state index is -0.892. The third-order valence-corrected chi connectivity index (χ3v) is 5.61. The van der Waals surface area contributed by atoms with Crippen LogP contribution in [0.3, 0.4) is 0 Å². The molecule has 4 nitrogen and oxygen atoms in total.